The van der Waals surface area contributed by atoms with Crippen LogP contribution in [0.3, 0.4) is 0 Å². The molecule has 1 aliphatic carbocycles. The fourth-order valence-electron chi connectivity index (χ4n) is 2.61. The summed E-state index contributed by atoms with van der Waals surface area (Å²) in [6.45, 7) is 5.36. The Labute approximate surface area is 121 Å². The van der Waals surface area contributed by atoms with Gasteiger partial charge in [0.1, 0.15) is 5.75 Å². The first-order chi connectivity index (χ1) is 9.53. The van der Waals surface area contributed by atoms with Crippen molar-refractivity contribution in [2.75, 3.05) is 19.0 Å². The lowest BCUT2D eigenvalue weighted by Crippen LogP contribution is -2.24. The smallest absolute Gasteiger partial charge is 0.193 e. The number of ether oxygens (including phenoxy) is 1. The predicted octanol–water partition coefficient (Wildman–Crippen LogP) is 3.25. The van der Waals surface area contributed by atoms with E-state index >= 15 is 0 Å². The van der Waals surface area contributed by atoms with Gasteiger partial charge in [-0.3, -0.25) is 4.99 Å². The van der Waals surface area contributed by atoms with E-state index in [0.717, 1.165) is 23.9 Å². The van der Waals surface area contributed by atoms with Crippen molar-refractivity contribution in [3.8, 4) is 5.75 Å². The molecule has 1 saturated carbocycles. The molecule has 4 heteroatoms. The molecule has 0 aliphatic heterocycles. The number of guanidine groups is 1. The van der Waals surface area contributed by atoms with E-state index in [2.05, 4.69) is 24.2 Å². The molecule has 0 aromatic heterocycles. The zero-order valence-corrected chi connectivity index (χ0v) is 12.6. The van der Waals surface area contributed by atoms with Gasteiger partial charge in [-0.2, -0.15) is 0 Å². The van der Waals surface area contributed by atoms with Gasteiger partial charge in [-0.25, -0.2) is 0 Å². The third-order valence-electron chi connectivity index (χ3n) is 3.73. The molecule has 0 saturated heterocycles. The van der Waals surface area contributed by atoms with Crippen LogP contribution in [0.15, 0.2) is 29.3 Å². The van der Waals surface area contributed by atoms with Gasteiger partial charge >= 0.3 is 0 Å². The van der Waals surface area contributed by atoms with Crippen molar-refractivity contribution >= 4 is 11.6 Å². The molecule has 0 unspecified atom stereocenters. The Balaban J connectivity index is 1.91. The van der Waals surface area contributed by atoms with Crippen LogP contribution < -0.4 is 15.8 Å². The fraction of sp³-hybridized carbons (Fsp3) is 0.562. The second-order valence-corrected chi connectivity index (χ2v) is 6.16. The maximum absolute atomic E-state index is 5.96. The minimum atomic E-state index is 0.412. The largest absolute Gasteiger partial charge is 0.497 e. The molecule has 1 aromatic carbocycles. The van der Waals surface area contributed by atoms with Crippen LogP contribution in [0.1, 0.15) is 33.1 Å². The topological polar surface area (TPSA) is 59.6 Å². The van der Waals surface area contributed by atoms with Crippen molar-refractivity contribution in [1.82, 2.24) is 0 Å². The Morgan fingerprint density at radius 1 is 1.45 bits per heavy atom. The number of rotatable bonds is 6. The van der Waals surface area contributed by atoms with Crippen molar-refractivity contribution < 1.29 is 4.74 Å². The first kappa shape index (κ1) is 14.7. The number of methoxy groups -OCH3 is 1. The minimum absolute atomic E-state index is 0.412. The maximum Gasteiger partial charge on any atom is 0.193 e. The summed E-state index contributed by atoms with van der Waals surface area (Å²) < 4.78 is 5.18. The van der Waals surface area contributed by atoms with Crippen LogP contribution >= 0.6 is 0 Å². The molecule has 0 atom stereocenters. The van der Waals surface area contributed by atoms with Crippen LogP contribution in [-0.2, 0) is 0 Å². The zero-order chi connectivity index (χ0) is 14.6. The van der Waals surface area contributed by atoms with Gasteiger partial charge in [0.15, 0.2) is 5.96 Å². The minimum Gasteiger partial charge on any atom is -0.497 e. The molecule has 2 rings (SSSR count). The van der Waals surface area contributed by atoms with Gasteiger partial charge in [-0.05, 0) is 42.7 Å². The molecule has 4 nitrogen and oxygen atoms in total. The van der Waals surface area contributed by atoms with Crippen molar-refractivity contribution in [3.63, 3.8) is 0 Å². The second-order valence-electron chi connectivity index (χ2n) is 6.16. The molecule has 0 radical (unpaired) electrons. The van der Waals surface area contributed by atoms with Crippen molar-refractivity contribution in [2.24, 2.45) is 22.1 Å². The average Bonchev–Trinajstić information content (AvgIpc) is 3.16. The van der Waals surface area contributed by atoms with E-state index in [1.54, 1.807) is 7.11 Å². The quantitative estimate of drug-likeness (QED) is 0.619. The van der Waals surface area contributed by atoms with Crippen molar-refractivity contribution in [1.29, 1.82) is 0 Å². The first-order valence-corrected chi connectivity index (χ1v) is 7.24. The molecule has 1 fully saturated rings. The van der Waals surface area contributed by atoms with Crippen LogP contribution in [0.4, 0.5) is 5.69 Å². The van der Waals surface area contributed by atoms with Crippen LogP contribution in [0.2, 0.25) is 0 Å². The number of aliphatic imine (C=N–C) groups is 1. The third kappa shape index (κ3) is 4.15. The van der Waals surface area contributed by atoms with E-state index in [1.165, 1.54) is 19.3 Å². The van der Waals surface area contributed by atoms with E-state index < -0.39 is 0 Å². The summed E-state index contributed by atoms with van der Waals surface area (Å²) in [6.07, 6.45) is 3.80. The summed E-state index contributed by atoms with van der Waals surface area (Å²) in [5.74, 6) is 2.01. The van der Waals surface area contributed by atoms with Gasteiger partial charge in [0.05, 0.1) is 7.11 Å². The van der Waals surface area contributed by atoms with Crippen molar-refractivity contribution in [3.05, 3.63) is 24.3 Å². The molecular formula is C16H25N3O. The molecule has 110 valence electrons. The molecule has 1 aromatic rings. The molecule has 0 heterocycles. The molecule has 0 spiro atoms. The number of benzene rings is 1. The molecular weight excluding hydrogens is 250 g/mol. The van der Waals surface area contributed by atoms with E-state index in [4.69, 9.17) is 10.5 Å². The maximum atomic E-state index is 5.96. The summed E-state index contributed by atoms with van der Waals surface area (Å²) >= 11 is 0. The highest BCUT2D eigenvalue weighted by Crippen LogP contribution is 2.50. The van der Waals surface area contributed by atoms with E-state index in [-0.39, 0.29) is 0 Å². The molecule has 1 aliphatic rings. The summed E-state index contributed by atoms with van der Waals surface area (Å²) in [4.78, 5) is 4.50. The van der Waals surface area contributed by atoms with Gasteiger partial charge in [-0.15, -0.1) is 0 Å². The summed E-state index contributed by atoms with van der Waals surface area (Å²) in [5, 5.41) is 3.12. The average molecular weight is 275 g/mol. The Hall–Kier alpha value is -1.71. The summed E-state index contributed by atoms with van der Waals surface area (Å²) in [7, 11) is 1.65. The van der Waals surface area contributed by atoms with Crippen LogP contribution in [0.25, 0.3) is 0 Å². The van der Waals surface area contributed by atoms with Crippen LogP contribution in [0, 0.1) is 11.3 Å². The Bertz CT molecular complexity index is 478. The highest BCUT2D eigenvalue weighted by molar-refractivity contribution is 5.92. The predicted molar refractivity (Wildman–Crippen MR) is 84.2 cm³/mol. The lowest BCUT2D eigenvalue weighted by molar-refractivity contribution is 0.399. The number of nitrogens with two attached hydrogens (primary N) is 1. The van der Waals surface area contributed by atoms with E-state index in [1.807, 2.05) is 24.3 Å². The normalized spacial score (nSPS) is 17.1. The fourth-order valence-corrected chi connectivity index (χ4v) is 2.61. The summed E-state index contributed by atoms with van der Waals surface area (Å²) in [5.41, 5.74) is 7.27. The van der Waals surface area contributed by atoms with Gasteiger partial charge in [0, 0.05) is 18.3 Å². The lowest BCUT2D eigenvalue weighted by Gasteiger charge is -2.15. The van der Waals surface area contributed by atoms with Gasteiger partial charge < -0.3 is 15.8 Å². The Morgan fingerprint density at radius 3 is 2.80 bits per heavy atom. The first-order valence-electron chi connectivity index (χ1n) is 7.24. The van der Waals surface area contributed by atoms with E-state index in [0.29, 0.717) is 11.4 Å². The summed E-state index contributed by atoms with van der Waals surface area (Å²) in [6, 6.07) is 7.69. The number of anilines is 1. The number of nitrogens with zero attached hydrogens (tertiary/aromatic N) is 1. The van der Waals surface area contributed by atoms with E-state index in [9.17, 15) is 0 Å². The lowest BCUT2D eigenvalue weighted by atomic mass is 9.94. The van der Waals surface area contributed by atoms with Gasteiger partial charge in [-0.1, -0.05) is 19.9 Å². The highest BCUT2D eigenvalue weighted by Gasteiger charge is 2.42. The van der Waals surface area contributed by atoms with Crippen LogP contribution in [-0.4, -0.2) is 19.6 Å². The Morgan fingerprint density at radius 2 is 2.20 bits per heavy atom. The third-order valence-corrected chi connectivity index (χ3v) is 3.73. The van der Waals surface area contributed by atoms with Crippen molar-refractivity contribution in [2.45, 2.75) is 33.1 Å². The van der Waals surface area contributed by atoms with Gasteiger partial charge in [0.2, 0.25) is 0 Å². The molecule has 0 bridgehead atoms. The zero-order valence-electron chi connectivity index (χ0n) is 12.6. The molecule has 20 heavy (non-hydrogen) atoms. The van der Waals surface area contributed by atoms with Crippen LogP contribution in [0.5, 0.6) is 5.75 Å². The number of hydrogen-bond acceptors (Lipinski definition) is 2. The standard InChI is InChI=1S/C16H25N3O/c1-12(2)10-16(7-8-16)11-18-15(17)19-13-5-4-6-14(9-13)20-3/h4-6,9,12H,7-8,10-11H2,1-3H3,(H3,17,18,19). The number of hydrogen-bond donors (Lipinski definition) is 2. The second kappa shape index (κ2) is 6.16. The van der Waals surface area contributed by atoms with Gasteiger partial charge in [0.25, 0.3) is 0 Å². The Kier molecular flexibility index (Phi) is 4.53. The molecule has 0 amide bonds. The highest BCUT2D eigenvalue weighted by atomic mass is 16.5. The monoisotopic (exact) mass is 275 g/mol. The molecule has 3 N–H and O–H groups in total. The SMILES string of the molecule is COc1cccc(NC(N)=NCC2(CC(C)C)CC2)c1. The number of nitrogens with one attached hydrogen (secondary N) is 1.